The molecule has 0 saturated heterocycles. The number of nitrogens with zero attached hydrogens (tertiary/aromatic N) is 2. The Morgan fingerprint density at radius 1 is 1.12 bits per heavy atom. The molecule has 2 N–H and O–H groups in total. The Morgan fingerprint density at radius 2 is 1.88 bits per heavy atom. The molecule has 5 nitrogen and oxygen atoms in total. The summed E-state index contributed by atoms with van der Waals surface area (Å²) in [6, 6.07) is 10.1. The number of aliphatic imine (C=N–C) groups is 1. The molecule has 1 aromatic carbocycles. The van der Waals surface area contributed by atoms with E-state index in [0.717, 1.165) is 29.8 Å². The maximum atomic E-state index is 9.70. The number of nitrogens with one attached hydrogen (secondary N) is 1. The zero-order valence-corrected chi connectivity index (χ0v) is 15.7. The highest BCUT2D eigenvalue weighted by Gasteiger charge is 2.18. The summed E-state index contributed by atoms with van der Waals surface area (Å²) in [5, 5.41) is 9.70. The molecule has 1 heterocycles. The lowest BCUT2D eigenvalue weighted by molar-refractivity contribution is 0.233. The van der Waals surface area contributed by atoms with Gasteiger partial charge in [0.1, 0.15) is 5.75 Å². The molecule has 0 atom stereocenters. The van der Waals surface area contributed by atoms with E-state index in [-0.39, 0.29) is 6.04 Å². The summed E-state index contributed by atoms with van der Waals surface area (Å²) in [5.74, 6) is 1.63. The van der Waals surface area contributed by atoms with Crippen LogP contribution in [0.25, 0.3) is 0 Å². The molecule has 1 aliphatic rings. The summed E-state index contributed by atoms with van der Waals surface area (Å²) in [6.07, 6.45) is 5.74. The highest BCUT2D eigenvalue weighted by Crippen LogP contribution is 2.28. The first kappa shape index (κ1) is 18.4. The third kappa shape index (κ3) is 4.41. The molecule has 26 heavy (non-hydrogen) atoms. The van der Waals surface area contributed by atoms with Gasteiger partial charge in [0.15, 0.2) is 5.84 Å². The molecular formula is C21H27N3O2. The molecule has 1 aromatic heterocycles. The van der Waals surface area contributed by atoms with E-state index >= 15 is 0 Å². The average Bonchev–Trinajstić information content (AvgIpc) is 2.63. The second-order valence-electron chi connectivity index (χ2n) is 7.06. The molecule has 138 valence electrons. The standard InChI is InChI=1S/C21H27N3O2/c1-14-9-12-19(15(2)13-14)26-21-18(11-10-16(3)22-21)20(24-25)23-17-7-5-4-6-8-17/h9-13,17,25H,4-8H2,1-3H3,(H,23,24). The van der Waals surface area contributed by atoms with Crippen LogP contribution in [-0.2, 0) is 0 Å². The first-order valence-corrected chi connectivity index (χ1v) is 9.28. The molecular weight excluding hydrogens is 326 g/mol. The number of hydroxylamine groups is 1. The Kier molecular flexibility index (Phi) is 5.89. The van der Waals surface area contributed by atoms with Crippen molar-refractivity contribution in [1.29, 1.82) is 0 Å². The van der Waals surface area contributed by atoms with Gasteiger partial charge in [-0.2, -0.15) is 0 Å². The van der Waals surface area contributed by atoms with Crippen LogP contribution in [0.5, 0.6) is 11.6 Å². The number of pyridine rings is 1. The van der Waals surface area contributed by atoms with Crippen LogP contribution in [-0.4, -0.2) is 22.1 Å². The van der Waals surface area contributed by atoms with Crippen molar-refractivity contribution in [3.63, 3.8) is 0 Å². The van der Waals surface area contributed by atoms with Crippen LogP contribution in [0.2, 0.25) is 0 Å². The summed E-state index contributed by atoms with van der Waals surface area (Å²) < 4.78 is 6.11. The quantitative estimate of drug-likeness (QED) is 0.468. The van der Waals surface area contributed by atoms with Gasteiger partial charge in [-0.1, -0.05) is 37.0 Å². The lowest BCUT2D eigenvalue weighted by Crippen LogP contribution is -2.25. The van der Waals surface area contributed by atoms with Gasteiger partial charge in [-0.15, -0.1) is 0 Å². The zero-order valence-electron chi connectivity index (χ0n) is 15.7. The minimum absolute atomic E-state index is 0.230. The van der Waals surface area contributed by atoms with Crippen LogP contribution >= 0.6 is 0 Å². The first-order chi connectivity index (χ1) is 12.6. The second kappa shape index (κ2) is 8.32. The van der Waals surface area contributed by atoms with Crippen molar-refractivity contribution in [1.82, 2.24) is 10.5 Å². The highest BCUT2D eigenvalue weighted by atomic mass is 16.5. The van der Waals surface area contributed by atoms with Crippen LogP contribution in [0.3, 0.4) is 0 Å². The van der Waals surface area contributed by atoms with Gasteiger partial charge in [-0.25, -0.2) is 4.98 Å². The fourth-order valence-electron chi connectivity index (χ4n) is 3.36. The molecule has 0 radical (unpaired) electrons. The number of aryl methyl sites for hydroxylation is 3. The van der Waals surface area contributed by atoms with Crippen molar-refractivity contribution in [3.05, 3.63) is 52.7 Å². The van der Waals surface area contributed by atoms with E-state index < -0.39 is 0 Å². The fourth-order valence-corrected chi connectivity index (χ4v) is 3.36. The average molecular weight is 353 g/mol. The third-order valence-corrected chi connectivity index (χ3v) is 4.78. The Morgan fingerprint density at radius 3 is 2.58 bits per heavy atom. The van der Waals surface area contributed by atoms with Crippen LogP contribution in [0, 0.1) is 20.8 Å². The van der Waals surface area contributed by atoms with Gasteiger partial charge in [-0.05, 0) is 57.4 Å². The number of benzene rings is 1. The van der Waals surface area contributed by atoms with E-state index in [2.05, 4.69) is 23.5 Å². The molecule has 0 unspecified atom stereocenters. The number of rotatable bonds is 4. The third-order valence-electron chi connectivity index (χ3n) is 4.78. The minimum atomic E-state index is 0.230. The van der Waals surface area contributed by atoms with Crippen molar-refractivity contribution in [2.24, 2.45) is 4.99 Å². The molecule has 2 aromatic rings. The number of aromatic nitrogens is 1. The summed E-state index contributed by atoms with van der Waals surface area (Å²) >= 11 is 0. The molecule has 1 aliphatic carbocycles. The monoisotopic (exact) mass is 353 g/mol. The maximum absolute atomic E-state index is 9.70. The zero-order chi connectivity index (χ0) is 18.5. The number of hydrogen-bond donors (Lipinski definition) is 2. The van der Waals surface area contributed by atoms with E-state index in [1.54, 1.807) is 0 Å². The van der Waals surface area contributed by atoms with Gasteiger partial charge in [-0.3, -0.25) is 15.7 Å². The molecule has 1 fully saturated rings. The van der Waals surface area contributed by atoms with E-state index in [4.69, 9.17) is 9.73 Å². The number of ether oxygens (including phenoxy) is 1. The Bertz CT molecular complexity index is 796. The predicted octanol–water partition coefficient (Wildman–Crippen LogP) is 4.86. The fraction of sp³-hybridized carbons (Fsp3) is 0.429. The summed E-state index contributed by atoms with van der Waals surface area (Å²) in [5.41, 5.74) is 6.01. The smallest absolute Gasteiger partial charge is 0.230 e. The van der Waals surface area contributed by atoms with Crippen molar-refractivity contribution in [2.45, 2.75) is 58.9 Å². The first-order valence-electron chi connectivity index (χ1n) is 9.28. The normalized spacial score (nSPS) is 15.8. The van der Waals surface area contributed by atoms with Gasteiger partial charge in [0.2, 0.25) is 5.88 Å². The lowest BCUT2D eigenvalue weighted by Gasteiger charge is -2.20. The Labute approximate surface area is 155 Å². The van der Waals surface area contributed by atoms with E-state index in [1.807, 2.05) is 38.1 Å². The summed E-state index contributed by atoms with van der Waals surface area (Å²) in [7, 11) is 0. The van der Waals surface area contributed by atoms with Gasteiger partial charge in [0, 0.05) is 5.69 Å². The van der Waals surface area contributed by atoms with Crippen molar-refractivity contribution in [2.75, 3.05) is 0 Å². The molecule has 5 heteroatoms. The SMILES string of the molecule is Cc1ccc(Oc2nc(C)ccc2C(=NC2CCCCC2)NO)c(C)c1. The van der Waals surface area contributed by atoms with Gasteiger partial charge in [0.05, 0.1) is 11.6 Å². The van der Waals surface area contributed by atoms with Gasteiger partial charge in [0.25, 0.3) is 0 Å². The number of hydrogen-bond acceptors (Lipinski definition) is 4. The van der Waals surface area contributed by atoms with Crippen LogP contribution in [0.15, 0.2) is 35.3 Å². The van der Waals surface area contributed by atoms with Crippen LogP contribution in [0.1, 0.15) is 54.5 Å². The molecule has 3 rings (SSSR count). The van der Waals surface area contributed by atoms with E-state index in [0.29, 0.717) is 17.3 Å². The molecule has 0 amide bonds. The minimum Gasteiger partial charge on any atom is -0.438 e. The summed E-state index contributed by atoms with van der Waals surface area (Å²) in [4.78, 5) is 9.27. The summed E-state index contributed by atoms with van der Waals surface area (Å²) in [6.45, 7) is 5.99. The predicted molar refractivity (Wildman–Crippen MR) is 103 cm³/mol. The van der Waals surface area contributed by atoms with Gasteiger partial charge >= 0.3 is 0 Å². The second-order valence-corrected chi connectivity index (χ2v) is 7.06. The maximum Gasteiger partial charge on any atom is 0.230 e. The van der Waals surface area contributed by atoms with E-state index in [9.17, 15) is 5.21 Å². The topological polar surface area (TPSA) is 66.7 Å². The molecule has 0 spiro atoms. The Hall–Kier alpha value is -2.40. The van der Waals surface area contributed by atoms with Crippen molar-refractivity contribution < 1.29 is 9.94 Å². The molecule has 1 saturated carbocycles. The largest absolute Gasteiger partial charge is 0.438 e. The Balaban J connectivity index is 1.94. The van der Waals surface area contributed by atoms with E-state index in [1.165, 1.54) is 24.8 Å². The van der Waals surface area contributed by atoms with Crippen LogP contribution in [0.4, 0.5) is 0 Å². The highest BCUT2D eigenvalue weighted by molar-refractivity contribution is 6.00. The van der Waals surface area contributed by atoms with Gasteiger partial charge < -0.3 is 4.74 Å². The number of amidine groups is 1. The molecule has 0 aliphatic heterocycles. The van der Waals surface area contributed by atoms with Crippen molar-refractivity contribution in [3.8, 4) is 11.6 Å². The molecule has 0 bridgehead atoms. The lowest BCUT2D eigenvalue weighted by atomic mass is 9.96. The van der Waals surface area contributed by atoms with Crippen LogP contribution < -0.4 is 10.2 Å². The van der Waals surface area contributed by atoms with Crippen molar-refractivity contribution >= 4 is 5.84 Å².